The number of hydrogen-bond acceptors (Lipinski definition) is 6. The lowest BCUT2D eigenvalue weighted by molar-refractivity contribution is 0.0384. The molecule has 1 aliphatic rings. The van der Waals surface area contributed by atoms with Gasteiger partial charge in [0.1, 0.15) is 4.33 Å². The van der Waals surface area contributed by atoms with Crippen LogP contribution in [-0.2, 0) is 9.47 Å². The van der Waals surface area contributed by atoms with Gasteiger partial charge in [-0.2, -0.15) is 0 Å². The molecule has 1 fully saturated rings. The van der Waals surface area contributed by atoms with E-state index < -0.39 is 16.3 Å². The molecule has 1 saturated carbocycles. The van der Waals surface area contributed by atoms with E-state index in [0.29, 0.717) is 0 Å². The van der Waals surface area contributed by atoms with Crippen LogP contribution < -0.4 is 0 Å². The van der Waals surface area contributed by atoms with Gasteiger partial charge in [0.2, 0.25) is 11.5 Å². The van der Waals surface area contributed by atoms with Gasteiger partial charge in [-0.3, -0.25) is 0 Å². The third-order valence-corrected chi connectivity index (χ3v) is 4.72. The minimum absolute atomic E-state index is 0.00943. The molecule has 0 spiro atoms. The van der Waals surface area contributed by atoms with Crippen molar-refractivity contribution in [2.45, 2.75) is 4.33 Å². The molecule has 2 unspecified atom stereocenters. The van der Waals surface area contributed by atoms with Gasteiger partial charge < -0.3 is 18.3 Å². The maximum Gasteiger partial charge on any atom is 0.374 e. The van der Waals surface area contributed by atoms with E-state index in [2.05, 4.69) is 0 Å². The molecule has 2 atom stereocenters. The van der Waals surface area contributed by atoms with Crippen LogP contribution >= 0.6 is 23.2 Å². The van der Waals surface area contributed by atoms with Crippen molar-refractivity contribution in [3.05, 3.63) is 48.3 Å². The summed E-state index contributed by atoms with van der Waals surface area (Å²) in [5, 5.41) is 0. The number of esters is 2. The van der Waals surface area contributed by atoms with Crippen molar-refractivity contribution >= 4 is 35.1 Å². The Kier molecular flexibility index (Phi) is 4.37. The van der Waals surface area contributed by atoms with Gasteiger partial charge in [0.25, 0.3) is 0 Å². The Balaban J connectivity index is 1.47. The molecule has 8 heteroatoms. The quantitative estimate of drug-likeness (QED) is 0.582. The van der Waals surface area contributed by atoms with Gasteiger partial charge in [0.15, 0.2) is 0 Å². The molecule has 2 aromatic heterocycles. The summed E-state index contributed by atoms with van der Waals surface area (Å²) >= 11 is 12.3. The van der Waals surface area contributed by atoms with E-state index >= 15 is 0 Å². The van der Waals surface area contributed by atoms with Gasteiger partial charge in [-0.05, 0) is 24.3 Å². The number of furan rings is 2. The van der Waals surface area contributed by atoms with Crippen LogP contribution in [0.15, 0.2) is 45.6 Å². The van der Waals surface area contributed by atoms with E-state index in [0.717, 1.165) is 0 Å². The average Bonchev–Trinajstić information content (AvgIpc) is 3.05. The summed E-state index contributed by atoms with van der Waals surface area (Å²) in [5.74, 6) is -1.65. The molecule has 0 radical (unpaired) electrons. The molecule has 0 bridgehead atoms. The third kappa shape index (κ3) is 3.38. The molecule has 1 aliphatic carbocycles. The minimum Gasteiger partial charge on any atom is -0.459 e. The minimum atomic E-state index is -1.10. The second-order valence-corrected chi connectivity index (χ2v) is 6.48. The zero-order valence-corrected chi connectivity index (χ0v) is 13.3. The fourth-order valence-corrected chi connectivity index (χ4v) is 2.91. The van der Waals surface area contributed by atoms with Gasteiger partial charge in [0, 0.05) is 11.8 Å². The second kappa shape index (κ2) is 6.29. The number of rotatable bonds is 6. The maximum absolute atomic E-state index is 11.7. The molecule has 0 aromatic carbocycles. The topological polar surface area (TPSA) is 78.9 Å². The van der Waals surface area contributed by atoms with Crippen LogP contribution in [0.25, 0.3) is 0 Å². The fourth-order valence-electron chi connectivity index (χ4n) is 2.18. The Morgan fingerprint density at radius 3 is 1.74 bits per heavy atom. The molecule has 0 amide bonds. The van der Waals surface area contributed by atoms with E-state index in [4.69, 9.17) is 41.5 Å². The van der Waals surface area contributed by atoms with Crippen LogP contribution in [0.5, 0.6) is 0 Å². The smallest absolute Gasteiger partial charge is 0.374 e. The fraction of sp³-hybridized carbons (Fsp3) is 0.333. The van der Waals surface area contributed by atoms with E-state index in [1.165, 1.54) is 24.7 Å². The first kappa shape index (κ1) is 16.0. The molecule has 23 heavy (non-hydrogen) atoms. The predicted octanol–water partition coefficient (Wildman–Crippen LogP) is 3.31. The van der Waals surface area contributed by atoms with Crippen LogP contribution in [0.2, 0.25) is 0 Å². The SMILES string of the molecule is O=C(OCC1C(COC(=O)c2ccco2)C1(Cl)Cl)c1ccco1. The van der Waals surface area contributed by atoms with E-state index in [1.807, 2.05) is 0 Å². The predicted molar refractivity (Wildman–Crippen MR) is 79.4 cm³/mol. The number of carbonyl (C=O) groups excluding carboxylic acids is 2. The van der Waals surface area contributed by atoms with Gasteiger partial charge in [-0.1, -0.05) is 0 Å². The zero-order valence-electron chi connectivity index (χ0n) is 11.7. The Labute approximate surface area is 141 Å². The van der Waals surface area contributed by atoms with Crippen molar-refractivity contribution in [2.24, 2.45) is 11.8 Å². The summed E-state index contributed by atoms with van der Waals surface area (Å²) in [6.07, 6.45) is 2.75. The average molecular weight is 359 g/mol. The van der Waals surface area contributed by atoms with Gasteiger partial charge in [-0.25, -0.2) is 9.59 Å². The highest BCUT2D eigenvalue weighted by atomic mass is 35.5. The van der Waals surface area contributed by atoms with Gasteiger partial charge in [0.05, 0.1) is 25.7 Å². The summed E-state index contributed by atoms with van der Waals surface area (Å²) in [6, 6.07) is 6.15. The Hall–Kier alpha value is -1.92. The van der Waals surface area contributed by atoms with Crippen LogP contribution in [0, 0.1) is 11.8 Å². The highest BCUT2D eigenvalue weighted by molar-refractivity contribution is 6.51. The number of hydrogen-bond donors (Lipinski definition) is 0. The highest BCUT2D eigenvalue weighted by Gasteiger charge is 2.64. The first-order chi connectivity index (χ1) is 11.0. The molecular formula is C15H12Cl2O6. The van der Waals surface area contributed by atoms with Crippen molar-refractivity contribution < 1.29 is 27.9 Å². The van der Waals surface area contributed by atoms with Crippen LogP contribution in [0.3, 0.4) is 0 Å². The van der Waals surface area contributed by atoms with Crippen LogP contribution in [0.1, 0.15) is 21.1 Å². The first-order valence-electron chi connectivity index (χ1n) is 6.79. The molecule has 0 saturated heterocycles. The molecule has 0 aliphatic heterocycles. The van der Waals surface area contributed by atoms with Crippen molar-refractivity contribution in [1.29, 1.82) is 0 Å². The largest absolute Gasteiger partial charge is 0.459 e. The number of carbonyl (C=O) groups is 2. The molecule has 6 nitrogen and oxygen atoms in total. The summed E-state index contributed by atoms with van der Waals surface area (Å²) in [5.41, 5.74) is 0. The third-order valence-electron chi connectivity index (χ3n) is 3.60. The molecule has 2 aromatic rings. The van der Waals surface area contributed by atoms with E-state index in [9.17, 15) is 9.59 Å². The molecule has 2 heterocycles. The lowest BCUT2D eigenvalue weighted by atomic mass is 10.3. The maximum atomic E-state index is 11.7. The standard InChI is InChI=1S/C15H12Cl2O6/c16-15(17)9(7-22-13(18)11-3-1-5-20-11)10(15)8-23-14(19)12-4-2-6-21-12/h1-6,9-10H,7-8H2. The van der Waals surface area contributed by atoms with Crippen LogP contribution in [-0.4, -0.2) is 29.5 Å². The Morgan fingerprint density at radius 2 is 1.39 bits per heavy atom. The highest BCUT2D eigenvalue weighted by Crippen LogP contribution is 2.59. The molecule has 122 valence electrons. The van der Waals surface area contributed by atoms with Crippen molar-refractivity contribution in [3.8, 4) is 0 Å². The normalized spacial score (nSPS) is 21.7. The lowest BCUT2D eigenvalue weighted by Crippen LogP contribution is -2.10. The van der Waals surface area contributed by atoms with Crippen molar-refractivity contribution in [2.75, 3.05) is 13.2 Å². The summed E-state index contributed by atoms with van der Waals surface area (Å²) in [7, 11) is 0. The van der Waals surface area contributed by atoms with Crippen molar-refractivity contribution in [3.63, 3.8) is 0 Å². The lowest BCUT2D eigenvalue weighted by Gasteiger charge is -2.03. The second-order valence-electron chi connectivity index (χ2n) is 5.04. The molecule has 3 rings (SSSR count). The molecular weight excluding hydrogens is 347 g/mol. The number of alkyl halides is 2. The summed E-state index contributed by atoms with van der Waals surface area (Å²) < 4.78 is 18.9. The zero-order chi connectivity index (χ0) is 16.4. The molecule has 0 N–H and O–H groups in total. The van der Waals surface area contributed by atoms with Gasteiger partial charge >= 0.3 is 11.9 Å². The summed E-state index contributed by atoms with van der Waals surface area (Å²) in [4.78, 5) is 23.4. The Morgan fingerprint density at radius 1 is 0.957 bits per heavy atom. The Bertz CT molecular complexity index is 619. The number of halogens is 2. The summed E-state index contributed by atoms with van der Waals surface area (Å²) in [6.45, 7) is 0.0189. The van der Waals surface area contributed by atoms with E-state index in [-0.39, 0.29) is 36.6 Å². The van der Waals surface area contributed by atoms with E-state index in [1.54, 1.807) is 12.1 Å². The van der Waals surface area contributed by atoms with Gasteiger partial charge in [-0.15, -0.1) is 23.2 Å². The monoisotopic (exact) mass is 358 g/mol. The number of ether oxygens (including phenoxy) is 2. The van der Waals surface area contributed by atoms with Crippen LogP contribution in [0.4, 0.5) is 0 Å². The van der Waals surface area contributed by atoms with Crippen molar-refractivity contribution in [1.82, 2.24) is 0 Å². The first-order valence-corrected chi connectivity index (χ1v) is 7.55.